The van der Waals surface area contributed by atoms with E-state index in [1.807, 2.05) is 54.1 Å². The third kappa shape index (κ3) is 4.69. The predicted octanol–water partition coefficient (Wildman–Crippen LogP) is 4.23. The molecule has 7 nitrogen and oxygen atoms in total. The highest BCUT2D eigenvalue weighted by Crippen LogP contribution is 2.28. The first-order valence-corrected chi connectivity index (χ1v) is 11.1. The molecule has 0 fully saturated rings. The second-order valence-electron chi connectivity index (χ2n) is 6.76. The van der Waals surface area contributed by atoms with Crippen LogP contribution in [0.5, 0.6) is 11.5 Å². The lowest BCUT2D eigenvalue weighted by Gasteiger charge is -2.12. The monoisotopic (exact) mass is 436 g/mol. The third-order valence-electron chi connectivity index (χ3n) is 4.65. The number of carbonyl (C=O) groups excluding carboxylic acids is 1. The smallest absolute Gasteiger partial charge is 0.251 e. The van der Waals surface area contributed by atoms with Gasteiger partial charge in [-0.05, 0) is 32.0 Å². The Morgan fingerprint density at radius 1 is 1.06 bits per heavy atom. The molecule has 1 amide bonds. The summed E-state index contributed by atoms with van der Waals surface area (Å²) in [5.74, 6) is 1.77. The number of thiazole rings is 1. The molecule has 0 saturated carbocycles. The molecule has 4 rings (SSSR count). The molecule has 0 atom stereocenters. The maximum Gasteiger partial charge on any atom is 0.251 e. The maximum atomic E-state index is 12.6. The van der Waals surface area contributed by atoms with Crippen molar-refractivity contribution in [3.8, 4) is 22.9 Å². The van der Waals surface area contributed by atoms with Crippen LogP contribution < -0.4 is 14.8 Å². The van der Waals surface area contributed by atoms with Gasteiger partial charge in [0.15, 0.2) is 17.3 Å². The molecule has 1 N–H and O–H groups in total. The average Bonchev–Trinajstić information content (AvgIpc) is 3.37. The van der Waals surface area contributed by atoms with E-state index in [4.69, 9.17) is 9.47 Å². The van der Waals surface area contributed by atoms with Crippen LogP contribution >= 0.6 is 11.3 Å². The molecule has 4 aromatic rings. The van der Waals surface area contributed by atoms with Gasteiger partial charge < -0.3 is 14.8 Å². The largest absolute Gasteiger partial charge is 0.490 e. The minimum atomic E-state index is -0.154. The normalized spacial score (nSPS) is 10.9. The highest BCUT2D eigenvalue weighted by Gasteiger charge is 2.13. The summed E-state index contributed by atoms with van der Waals surface area (Å²) in [5.41, 5.74) is 2.53. The van der Waals surface area contributed by atoms with Crippen molar-refractivity contribution in [3.63, 3.8) is 0 Å². The fourth-order valence-corrected chi connectivity index (χ4v) is 4.06. The lowest BCUT2D eigenvalue weighted by atomic mass is 10.2. The Morgan fingerprint density at radius 3 is 2.61 bits per heavy atom. The minimum absolute atomic E-state index is 0.154. The molecule has 160 valence electrons. The molecule has 8 heteroatoms. The van der Waals surface area contributed by atoms with Crippen molar-refractivity contribution >= 4 is 22.2 Å². The molecule has 0 aliphatic carbocycles. The van der Waals surface area contributed by atoms with E-state index in [-0.39, 0.29) is 5.91 Å². The summed E-state index contributed by atoms with van der Waals surface area (Å²) in [7, 11) is 0. The lowest BCUT2D eigenvalue weighted by Crippen LogP contribution is -2.26. The van der Waals surface area contributed by atoms with E-state index in [9.17, 15) is 4.79 Å². The van der Waals surface area contributed by atoms with E-state index < -0.39 is 0 Å². The van der Waals surface area contributed by atoms with E-state index in [0.29, 0.717) is 49.1 Å². The van der Waals surface area contributed by atoms with Gasteiger partial charge in [-0.25, -0.2) is 4.52 Å². The molecule has 0 radical (unpaired) electrons. The number of ether oxygens (including phenoxy) is 2. The Balaban J connectivity index is 1.41. The first kappa shape index (κ1) is 20.9. The number of nitrogens with one attached hydrogen (secondary N) is 1. The van der Waals surface area contributed by atoms with Crippen molar-refractivity contribution in [2.75, 3.05) is 19.8 Å². The molecule has 2 aromatic heterocycles. The summed E-state index contributed by atoms with van der Waals surface area (Å²) in [6.07, 6.45) is 0.651. The molecular weight excluding hydrogens is 412 g/mol. The topological polar surface area (TPSA) is 77.8 Å². The quantitative estimate of drug-likeness (QED) is 0.425. The zero-order valence-corrected chi connectivity index (χ0v) is 18.3. The van der Waals surface area contributed by atoms with Crippen LogP contribution in [0.15, 0.2) is 53.9 Å². The molecule has 0 saturated heterocycles. The van der Waals surface area contributed by atoms with E-state index in [1.165, 1.54) is 0 Å². The highest BCUT2D eigenvalue weighted by molar-refractivity contribution is 7.15. The zero-order valence-electron chi connectivity index (χ0n) is 17.5. The van der Waals surface area contributed by atoms with Crippen molar-refractivity contribution in [3.05, 3.63) is 65.2 Å². The zero-order chi connectivity index (χ0) is 21.6. The molecule has 0 bridgehead atoms. The summed E-state index contributed by atoms with van der Waals surface area (Å²) in [6.45, 7) is 5.34. The van der Waals surface area contributed by atoms with E-state index >= 15 is 0 Å². The maximum absolute atomic E-state index is 12.6. The standard InChI is InChI=1S/C23H24N4O3S/c1-3-29-19-11-10-17(14-20(19)30-4-2)22(28)24-13-12-18-15-31-23-25-21(26-27(18)23)16-8-6-5-7-9-16/h5-11,14-15H,3-4,12-13H2,1-2H3,(H,24,28). The second kappa shape index (κ2) is 9.61. The van der Waals surface area contributed by atoms with E-state index in [2.05, 4.69) is 15.4 Å². The Morgan fingerprint density at radius 2 is 1.84 bits per heavy atom. The van der Waals surface area contributed by atoms with Gasteiger partial charge in [-0.1, -0.05) is 30.3 Å². The van der Waals surface area contributed by atoms with Gasteiger partial charge in [-0.2, -0.15) is 4.98 Å². The van der Waals surface area contributed by atoms with E-state index in [0.717, 1.165) is 16.2 Å². The molecule has 31 heavy (non-hydrogen) atoms. The molecule has 0 spiro atoms. The van der Waals surface area contributed by atoms with Gasteiger partial charge in [0, 0.05) is 29.5 Å². The van der Waals surface area contributed by atoms with Crippen molar-refractivity contribution in [2.45, 2.75) is 20.3 Å². The van der Waals surface area contributed by atoms with Crippen LogP contribution in [0.4, 0.5) is 0 Å². The third-order valence-corrected chi connectivity index (χ3v) is 5.52. The number of hydrogen-bond donors (Lipinski definition) is 1. The average molecular weight is 437 g/mol. The van der Waals surface area contributed by atoms with Gasteiger partial charge in [0.05, 0.1) is 18.9 Å². The Labute approximate surface area is 184 Å². The summed E-state index contributed by atoms with van der Waals surface area (Å²) < 4.78 is 13.0. The van der Waals surface area contributed by atoms with Crippen LogP contribution in [0.2, 0.25) is 0 Å². The summed E-state index contributed by atoms with van der Waals surface area (Å²) >= 11 is 1.54. The van der Waals surface area contributed by atoms with Crippen LogP contribution in [0, 0.1) is 0 Å². The number of rotatable bonds is 9. The van der Waals surface area contributed by atoms with Crippen molar-refractivity contribution in [1.82, 2.24) is 19.9 Å². The van der Waals surface area contributed by atoms with Crippen LogP contribution in [-0.2, 0) is 6.42 Å². The molecule has 0 unspecified atom stereocenters. The van der Waals surface area contributed by atoms with Gasteiger partial charge in [-0.3, -0.25) is 4.79 Å². The number of carbonyl (C=O) groups is 1. The van der Waals surface area contributed by atoms with Crippen LogP contribution in [-0.4, -0.2) is 40.3 Å². The Kier molecular flexibility index (Phi) is 6.47. The Hall–Kier alpha value is -3.39. The Bertz CT molecular complexity index is 1170. The van der Waals surface area contributed by atoms with Gasteiger partial charge >= 0.3 is 0 Å². The van der Waals surface area contributed by atoms with Gasteiger partial charge in [-0.15, -0.1) is 16.4 Å². The number of fused-ring (bicyclic) bond motifs is 1. The van der Waals surface area contributed by atoms with Gasteiger partial charge in [0.2, 0.25) is 4.96 Å². The first-order valence-electron chi connectivity index (χ1n) is 10.3. The molecule has 0 aliphatic rings. The SMILES string of the molecule is CCOc1ccc(C(=O)NCCc2csc3nc(-c4ccccc4)nn23)cc1OCC. The number of aromatic nitrogens is 3. The van der Waals surface area contributed by atoms with Crippen molar-refractivity contribution in [1.29, 1.82) is 0 Å². The van der Waals surface area contributed by atoms with Crippen LogP contribution in [0.3, 0.4) is 0 Å². The van der Waals surface area contributed by atoms with Gasteiger partial charge in [0.1, 0.15) is 0 Å². The lowest BCUT2D eigenvalue weighted by molar-refractivity contribution is 0.0953. The molecule has 2 aromatic carbocycles. The molecular formula is C23H24N4O3S. The number of amides is 1. The minimum Gasteiger partial charge on any atom is -0.490 e. The number of nitrogens with zero attached hydrogens (tertiary/aromatic N) is 3. The van der Waals surface area contributed by atoms with Gasteiger partial charge in [0.25, 0.3) is 5.91 Å². The number of hydrogen-bond acceptors (Lipinski definition) is 6. The van der Waals surface area contributed by atoms with Crippen molar-refractivity contribution in [2.24, 2.45) is 0 Å². The molecule has 0 aliphatic heterocycles. The van der Waals surface area contributed by atoms with Crippen molar-refractivity contribution < 1.29 is 14.3 Å². The van der Waals surface area contributed by atoms with Crippen LogP contribution in [0.1, 0.15) is 29.9 Å². The highest BCUT2D eigenvalue weighted by atomic mass is 32.1. The fraction of sp³-hybridized carbons (Fsp3) is 0.261. The second-order valence-corrected chi connectivity index (χ2v) is 7.59. The summed E-state index contributed by atoms with van der Waals surface area (Å²) in [4.78, 5) is 18.1. The number of benzene rings is 2. The van der Waals surface area contributed by atoms with Crippen LogP contribution in [0.25, 0.3) is 16.3 Å². The predicted molar refractivity (Wildman–Crippen MR) is 121 cm³/mol. The molecule has 2 heterocycles. The summed E-state index contributed by atoms with van der Waals surface area (Å²) in [6, 6.07) is 15.1. The summed E-state index contributed by atoms with van der Waals surface area (Å²) in [5, 5.41) is 9.63. The fourth-order valence-electron chi connectivity index (χ4n) is 3.20. The van der Waals surface area contributed by atoms with E-state index in [1.54, 1.807) is 29.5 Å². The first-order chi connectivity index (χ1) is 15.2.